The van der Waals surface area contributed by atoms with Crippen molar-refractivity contribution in [3.63, 3.8) is 0 Å². The van der Waals surface area contributed by atoms with Crippen LogP contribution in [0.25, 0.3) is 10.4 Å². The van der Waals surface area contributed by atoms with Crippen molar-refractivity contribution in [2.45, 2.75) is 70.7 Å². The van der Waals surface area contributed by atoms with Gasteiger partial charge in [-0.3, -0.25) is 4.79 Å². The van der Waals surface area contributed by atoms with E-state index in [2.05, 4.69) is 27.5 Å². The minimum Gasteiger partial charge on any atom is -0.463 e. The summed E-state index contributed by atoms with van der Waals surface area (Å²) in [5.74, 6) is -0.708. The lowest BCUT2D eigenvalue weighted by molar-refractivity contribution is -0.139. The third kappa shape index (κ3) is 6.90. The minimum absolute atomic E-state index is 0.0871. The number of benzene rings is 1. The van der Waals surface area contributed by atoms with Crippen LogP contribution in [0.4, 0.5) is 0 Å². The number of carbonyl (C=O) groups is 2. The molecule has 1 aliphatic carbocycles. The average Bonchev–Trinajstić information content (AvgIpc) is 2.73. The van der Waals surface area contributed by atoms with E-state index in [9.17, 15) is 9.59 Å². The molecule has 0 unspecified atom stereocenters. The maximum Gasteiger partial charge on any atom is 0.333 e. The number of amides is 1. The highest BCUT2D eigenvalue weighted by molar-refractivity contribution is 5.89. The van der Waals surface area contributed by atoms with Gasteiger partial charge in [0, 0.05) is 17.4 Å². The van der Waals surface area contributed by atoms with Gasteiger partial charge in [0.15, 0.2) is 0 Å². The van der Waals surface area contributed by atoms with E-state index in [1.807, 2.05) is 25.1 Å². The molecule has 8 nitrogen and oxygen atoms in total. The molecule has 0 saturated heterocycles. The normalized spacial score (nSPS) is 21.7. The summed E-state index contributed by atoms with van der Waals surface area (Å²) in [6, 6.07) is 8.94. The van der Waals surface area contributed by atoms with Gasteiger partial charge >= 0.3 is 5.97 Å². The fourth-order valence-corrected chi connectivity index (χ4v) is 3.60. The second-order valence-corrected chi connectivity index (χ2v) is 7.27. The van der Waals surface area contributed by atoms with E-state index < -0.39 is 24.2 Å². The Kier molecular flexibility index (Phi) is 9.38. The summed E-state index contributed by atoms with van der Waals surface area (Å²) in [4.78, 5) is 27.0. The highest BCUT2D eigenvalue weighted by atomic mass is 16.5. The zero-order valence-corrected chi connectivity index (χ0v) is 17.8. The van der Waals surface area contributed by atoms with Crippen LogP contribution in [-0.4, -0.2) is 42.8 Å². The Balaban J connectivity index is 2.23. The molecule has 0 saturated carbocycles. The largest absolute Gasteiger partial charge is 0.463 e. The van der Waals surface area contributed by atoms with E-state index in [0.29, 0.717) is 5.57 Å². The Bertz CT molecular complexity index is 790. The molecule has 0 bridgehead atoms. The highest BCUT2D eigenvalue weighted by Gasteiger charge is 2.37. The molecule has 0 heterocycles. The van der Waals surface area contributed by atoms with Crippen molar-refractivity contribution in [1.82, 2.24) is 5.32 Å². The van der Waals surface area contributed by atoms with Crippen LogP contribution in [0.1, 0.15) is 45.6 Å². The van der Waals surface area contributed by atoms with Crippen molar-refractivity contribution in [1.29, 1.82) is 0 Å². The minimum atomic E-state index is -0.639. The number of nitrogens with zero attached hydrogens (tertiary/aromatic N) is 3. The number of rotatable bonds is 10. The molecule has 0 aromatic heterocycles. The van der Waals surface area contributed by atoms with Gasteiger partial charge in [0.05, 0.1) is 30.9 Å². The smallest absolute Gasteiger partial charge is 0.333 e. The molecular formula is C22H30N4O4. The van der Waals surface area contributed by atoms with Crippen molar-refractivity contribution in [2.75, 3.05) is 6.61 Å². The lowest BCUT2D eigenvalue weighted by atomic mass is 9.88. The SMILES string of the molecule is CCOC(=O)C1=C[C@@H](O[C@H](CC)CCc2ccccc2)[C@H](NC(C)=O)[C@@H](N=[N+]=[N-])C1. The Labute approximate surface area is 177 Å². The molecule has 1 amide bonds. The molecule has 0 fully saturated rings. The molecule has 1 aliphatic rings. The number of esters is 1. The van der Waals surface area contributed by atoms with E-state index in [0.717, 1.165) is 19.3 Å². The number of carbonyl (C=O) groups excluding carboxylic acids is 2. The van der Waals surface area contributed by atoms with Crippen LogP contribution in [0, 0.1) is 0 Å². The molecule has 0 radical (unpaired) electrons. The summed E-state index contributed by atoms with van der Waals surface area (Å²) >= 11 is 0. The molecule has 162 valence electrons. The van der Waals surface area contributed by atoms with Crippen LogP contribution in [0.3, 0.4) is 0 Å². The number of ether oxygens (including phenoxy) is 2. The van der Waals surface area contributed by atoms with Gasteiger partial charge < -0.3 is 14.8 Å². The maximum absolute atomic E-state index is 12.3. The topological polar surface area (TPSA) is 113 Å². The number of hydrogen-bond donors (Lipinski definition) is 1. The van der Waals surface area contributed by atoms with Crippen molar-refractivity contribution < 1.29 is 19.1 Å². The summed E-state index contributed by atoms with van der Waals surface area (Å²) in [5, 5.41) is 6.66. The van der Waals surface area contributed by atoms with Gasteiger partial charge in [-0.15, -0.1) is 0 Å². The molecule has 8 heteroatoms. The van der Waals surface area contributed by atoms with E-state index in [1.54, 1.807) is 13.0 Å². The van der Waals surface area contributed by atoms with Gasteiger partial charge in [0.1, 0.15) is 0 Å². The summed E-state index contributed by atoms with van der Waals surface area (Å²) in [6.45, 7) is 5.42. The van der Waals surface area contributed by atoms with Gasteiger partial charge in [-0.2, -0.15) is 0 Å². The lowest BCUT2D eigenvalue weighted by Crippen LogP contribution is -2.53. The second-order valence-electron chi connectivity index (χ2n) is 7.27. The van der Waals surface area contributed by atoms with Crippen LogP contribution < -0.4 is 5.32 Å². The van der Waals surface area contributed by atoms with E-state index in [1.165, 1.54) is 12.5 Å². The van der Waals surface area contributed by atoms with Gasteiger partial charge in [-0.05, 0) is 49.8 Å². The quantitative estimate of drug-likeness (QED) is 0.271. The summed E-state index contributed by atoms with van der Waals surface area (Å²) < 4.78 is 11.5. The average molecular weight is 415 g/mol. The molecule has 1 aromatic carbocycles. The van der Waals surface area contributed by atoms with E-state index in [-0.39, 0.29) is 25.0 Å². The molecule has 30 heavy (non-hydrogen) atoms. The zero-order chi connectivity index (χ0) is 21.9. The predicted molar refractivity (Wildman–Crippen MR) is 114 cm³/mol. The maximum atomic E-state index is 12.3. The zero-order valence-electron chi connectivity index (χ0n) is 17.8. The highest BCUT2D eigenvalue weighted by Crippen LogP contribution is 2.27. The lowest BCUT2D eigenvalue weighted by Gasteiger charge is -2.36. The Morgan fingerprint density at radius 1 is 1.30 bits per heavy atom. The van der Waals surface area contributed by atoms with Crippen LogP contribution in [-0.2, 0) is 25.5 Å². The van der Waals surface area contributed by atoms with Crippen LogP contribution in [0.15, 0.2) is 47.1 Å². The first kappa shape index (κ1) is 23.4. The third-order valence-electron chi connectivity index (χ3n) is 5.07. The second kappa shape index (κ2) is 12.0. The Hall–Kier alpha value is -2.83. The fourth-order valence-electron chi connectivity index (χ4n) is 3.60. The standard InChI is InChI=1S/C22H30N4O4/c1-4-18(12-11-16-9-7-6-8-10-16)30-20-14-17(22(28)29-5-2)13-19(25-26-23)21(20)24-15(3)27/h6-10,14,18-21H,4-5,11-13H2,1-3H3,(H,24,27)/t18-,19+,20-,21-/m1/s1. The van der Waals surface area contributed by atoms with Crippen molar-refractivity contribution in [3.05, 3.63) is 58.0 Å². The van der Waals surface area contributed by atoms with Crippen LogP contribution in [0.5, 0.6) is 0 Å². The summed E-state index contributed by atoms with van der Waals surface area (Å²) in [6.07, 6.45) is 3.62. The van der Waals surface area contributed by atoms with Gasteiger partial charge in [0.2, 0.25) is 5.91 Å². The number of nitrogens with one attached hydrogen (secondary N) is 1. The number of azide groups is 1. The number of aryl methyl sites for hydroxylation is 1. The number of hydrogen-bond acceptors (Lipinski definition) is 5. The van der Waals surface area contributed by atoms with E-state index in [4.69, 9.17) is 15.0 Å². The van der Waals surface area contributed by atoms with Crippen molar-refractivity contribution >= 4 is 11.9 Å². The van der Waals surface area contributed by atoms with Crippen LogP contribution >= 0.6 is 0 Å². The molecule has 1 N–H and O–H groups in total. The first-order chi connectivity index (χ1) is 14.5. The molecule has 0 aliphatic heterocycles. The van der Waals surface area contributed by atoms with Gasteiger partial charge in [-0.1, -0.05) is 42.4 Å². The predicted octanol–water partition coefficient (Wildman–Crippen LogP) is 3.86. The monoisotopic (exact) mass is 414 g/mol. The molecular weight excluding hydrogens is 384 g/mol. The Morgan fingerprint density at radius 2 is 2.03 bits per heavy atom. The van der Waals surface area contributed by atoms with Crippen molar-refractivity contribution in [3.8, 4) is 0 Å². The van der Waals surface area contributed by atoms with Crippen molar-refractivity contribution in [2.24, 2.45) is 5.11 Å². The summed E-state index contributed by atoms with van der Waals surface area (Å²) in [5.41, 5.74) is 10.6. The van der Waals surface area contributed by atoms with E-state index >= 15 is 0 Å². The molecule has 2 rings (SSSR count). The molecule has 0 spiro atoms. The Morgan fingerprint density at radius 3 is 2.63 bits per heavy atom. The summed E-state index contributed by atoms with van der Waals surface area (Å²) in [7, 11) is 0. The molecule has 1 aromatic rings. The first-order valence-corrected chi connectivity index (χ1v) is 10.4. The molecule has 4 atom stereocenters. The first-order valence-electron chi connectivity index (χ1n) is 10.4. The van der Waals surface area contributed by atoms with Gasteiger partial charge in [0.25, 0.3) is 0 Å². The van der Waals surface area contributed by atoms with Gasteiger partial charge in [-0.25, -0.2) is 4.79 Å². The fraction of sp³-hybridized carbons (Fsp3) is 0.545. The third-order valence-corrected chi connectivity index (χ3v) is 5.07. The van der Waals surface area contributed by atoms with Crippen LogP contribution in [0.2, 0.25) is 0 Å².